The van der Waals surface area contributed by atoms with Crippen molar-refractivity contribution in [1.29, 1.82) is 0 Å². The molecule has 1 aromatic carbocycles. The molecular formula is C19H25N5OS. The van der Waals surface area contributed by atoms with Crippen molar-refractivity contribution in [1.82, 2.24) is 15.2 Å². The summed E-state index contributed by atoms with van der Waals surface area (Å²) in [5.41, 5.74) is 7.48. The van der Waals surface area contributed by atoms with Crippen molar-refractivity contribution in [3.63, 3.8) is 0 Å². The minimum absolute atomic E-state index is 0.226. The van der Waals surface area contributed by atoms with Gasteiger partial charge in [-0.25, -0.2) is 4.98 Å². The van der Waals surface area contributed by atoms with E-state index in [0.29, 0.717) is 18.9 Å². The molecule has 3 rings (SSSR count). The molecule has 2 heterocycles. The third-order valence-corrected chi connectivity index (χ3v) is 5.39. The van der Waals surface area contributed by atoms with Gasteiger partial charge in [0.2, 0.25) is 5.91 Å². The summed E-state index contributed by atoms with van der Waals surface area (Å²) in [6.07, 6.45) is 2.54. The fourth-order valence-electron chi connectivity index (χ4n) is 3.33. The number of benzene rings is 1. The van der Waals surface area contributed by atoms with Crippen molar-refractivity contribution in [3.05, 3.63) is 40.7 Å². The number of hydrogen-bond acceptors (Lipinski definition) is 4. The predicted octanol–water partition coefficient (Wildman–Crippen LogP) is 2.47. The molecule has 2 aromatic rings. The number of piperidine rings is 1. The average Bonchev–Trinajstić information content (AvgIpc) is 3.12. The third-order valence-electron chi connectivity index (χ3n) is 4.54. The quantitative estimate of drug-likeness (QED) is 0.625. The Morgan fingerprint density at radius 2 is 2.23 bits per heavy atom. The second-order valence-corrected chi connectivity index (χ2v) is 7.46. The van der Waals surface area contributed by atoms with Crippen LogP contribution < -0.4 is 11.1 Å². The Morgan fingerprint density at radius 1 is 1.42 bits per heavy atom. The van der Waals surface area contributed by atoms with E-state index < -0.39 is 0 Å². The molecule has 1 aliphatic heterocycles. The number of nitrogens with two attached hydrogens (primary N) is 1. The number of nitrogens with one attached hydrogen (secondary N) is 1. The van der Waals surface area contributed by atoms with Crippen molar-refractivity contribution >= 4 is 23.2 Å². The van der Waals surface area contributed by atoms with Crippen LogP contribution in [0.4, 0.5) is 0 Å². The van der Waals surface area contributed by atoms with E-state index in [4.69, 9.17) is 10.7 Å². The van der Waals surface area contributed by atoms with Gasteiger partial charge in [0.15, 0.2) is 5.96 Å². The summed E-state index contributed by atoms with van der Waals surface area (Å²) in [5, 5.41) is 6.51. The van der Waals surface area contributed by atoms with Gasteiger partial charge in [0.1, 0.15) is 5.01 Å². The molecule has 3 N–H and O–H groups in total. The van der Waals surface area contributed by atoms with Crippen LogP contribution in [0.2, 0.25) is 0 Å². The molecule has 1 atom stereocenters. The molecule has 0 radical (unpaired) electrons. The van der Waals surface area contributed by atoms with E-state index in [2.05, 4.69) is 32.7 Å². The maximum atomic E-state index is 11.2. The number of amides is 1. The van der Waals surface area contributed by atoms with Crippen LogP contribution in [-0.4, -0.2) is 41.9 Å². The maximum absolute atomic E-state index is 11.2. The van der Waals surface area contributed by atoms with Crippen molar-refractivity contribution in [3.8, 4) is 11.3 Å². The molecule has 7 heteroatoms. The molecule has 1 aliphatic rings. The van der Waals surface area contributed by atoms with Crippen LogP contribution in [0.25, 0.3) is 11.3 Å². The van der Waals surface area contributed by atoms with Crippen LogP contribution in [0.1, 0.15) is 24.3 Å². The predicted molar refractivity (Wildman–Crippen MR) is 106 cm³/mol. The number of aromatic nitrogens is 1. The van der Waals surface area contributed by atoms with E-state index in [-0.39, 0.29) is 5.91 Å². The van der Waals surface area contributed by atoms with E-state index in [1.165, 1.54) is 0 Å². The van der Waals surface area contributed by atoms with Crippen LogP contribution in [0.15, 0.2) is 40.7 Å². The SMILES string of the molecule is CN=C(NCc1nc(-c2ccccc2)cs1)N1CCCC(CC(N)=O)C1. The maximum Gasteiger partial charge on any atom is 0.217 e. The fourth-order valence-corrected chi connectivity index (χ4v) is 4.07. The lowest BCUT2D eigenvalue weighted by Crippen LogP contribution is -2.46. The summed E-state index contributed by atoms with van der Waals surface area (Å²) in [6.45, 7) is 2.40. The second-order valence-electron chi connectivity index (χ2n) is 6.52. The van der Waals surface area contributed by atoms with Gasteiger partial charge in [0.05, 0.1) is 12.2 Å². The Morgan fingerprint density at radius 3 is 2.96 bits per heavy atom. The monoisotopic (exact) mass is 371 g/mol. The van der Waals surface area contributed by atoms with Gasteiger partial charge in [-0.05, 0) is 18.8 Å². The van der Waals surface area contributed by atoms with Gasteiger partial charge in [-0.15, -0.1) is 11.3 Å². The smallest absolute Gasteiger partial charge is 0.217 e. The van der Waals surface area contributed by atoms with Crippen LogP contribution in [0, 0.1) is 5.92 Å². The molecule has 6 nitrogen and oxygen atoms in total. The number of nitrogens with zero attached hydrogens (tertiary/aromatic N) is 3. The highest BCUT2D eigenvalue weighted by Crippen LogP contribution is 2.22. The second kappa shape index (κ2) is 8.80. The van der Waals surface area contributed by atoms with E-state index in [1.54, 1.807) is 18.4 Å². The van der Waals surface area contributed by atoms with E-state index >= 15 is 0 Å². The van der Waals surface area contributed by atoms with Crippen LogP contribution in [0.5, 0.6) is 0 Å². The molecule has 1 fully saturated rings. The molecule has 0 aliphatic carbocycles. The summed E-state index contributed by atoms with van der Waals surface area (Å²) < 4.78 is 0. The number of hydrogen-bond donors (Lipinski definition) is 2. The van der Waals surface area contributed by atoms with Gasteiger partial charge in [-0.2, -0.15) is 0 Å². The minimum Gasteiger partial charge on any atom is -0.370 e. The largest absolute Gasteiger partial charge is 0.370 e. The van der Waals surface area contributed by atoms with E-state index in [1.807, 2.05) is 18.2 Å². The lowest BCUT2D eigenvalue weighted by atomic mass is 9.95. The van der Waals surface area contributed by atoms with Crippen LogP contribution in [-0.2, 0) is 11.3 Å². The fraction of sp³-hybridized carbons (Fsp3) is 0.421. The standard InChI is InChI=1S/C19H25N5OS/c1-21-19(24-9-5-6-14(12-24)10-17(20)25)22-11-18-23-16(13-26-18)15-7-3-2-4-8-15/h2-4,7-8,13-14H,5-6,9-12H2,1H3,(H2,20,25)(H,21,22). The number of thiazole rings is 1. The topological polar surface area (TPSA) is 83.6 Å². The molecule has 1 saturated heterocycles. The number of rotatable bonds is 5. The van der Waals surface area contributed by atoms with Crippen molar-refractivity contribution in [2.24, 2.45) is 16.6 Å². The zero-order valence-electron chi connectivity index (χ0n) is 15.0. The number of carbonyl (C=O) groups is 1. The Bertz CT molecular complexity index is 758. The molecule has 1 amide bonds. The highest BCUT2D eigenvalue weighted by atomic mass is 32.1. The molecule has 0 saturated carbocycles. The molecule has 1 unspecified atom stereocenters. The lowest BCUT2D eigenvalue weighted by molar-refractivity contribution is -0.119. The van der Waals surface area contributed by atoms with Crippen molar-refractivity contribution < 1.29 is 4.79 Å². The molecule has 0 spiro atoms. The first-order valence-corrected chi connectivity index (χ1v) is 9.77. The number of guanidine groups is 1. The van der Waals surface area contributed by atoms with Crippen LogP contribution in [0.3, 0.4) is 0 Å². The third kappa shape index (κ3) is 4.82. The Hall–Kier alpha value is -2.41. The zero-order chi connectivity index (χ0) is 18.4. The van der Waals surface area contributed by atoms with Gasteiger partial charge in [-0.1, -0.05) is 30.3 Å². The van der Waals surface area contributed by atoms with Gasteiger partial charge in [-0.3, -0.25) is 9.79 Å². The van der Waals surface area contributed by atoms with Gasteiger partial charge in [0.25, 0.3) is 0 Å². The minimum atomic E-state index is -0.226. The van der Waals surface area contributed by atoms with Crippen molar-refractivity contribution in [2.45, 2.75) is 25.8 Å². The first kappa shape index (κ1) is 18.4. The summed E-state index contributed by atoms with van der Waals surface area (Å²) >= 11 is 1.64. The summed E-state index contributed by atoms with van der Waals surface area (Å²) in [5.74, 6) is 0.941. The Labute approximate surface area is 158 Å². The number of aliphatic imine (C=N–C) groups is 1. The first-order chi connectivity index (χ1) is 12.7. The average molecular weight is 372 g/mol. The van der Waals surface area contributed by atoms with Crippen LogP contribution >= 0.6 is 11.3 Å². The Kier molecular flexibility index (Phi) is 6.22. The molecule has 0 bridgehead atoms. The summed E-state index contributed by atoms with van der Waals surface area (Å²) in [4.78, 5) is 22.5. The highest BCUT2D eigenvalue weighted by Gasteiger charge is 2.23. The van der Waals surface area contributed by atoms with Gasteiger partial charge in [0, 0.05) is 37.5 Å². The van der Waals surface area contributed by atoms with E-state index in [0.717, 1.165) is 48.2 Å². The number of likely N-dealkylation sites (tertiary alicyclic amines) is 1. The summed E-state index contributed by atoms with van der Waals surface area (Å²) in [6, 6.07) is 10.2. The van der Waals surface area contributed by atoms with Gasteiger partial charge < -0.3 is 16.0 Å². The normalized spacial score (nSPS) is 18.0. The molecular weight excluding hydrogens is 346 g/mol. The molecule has 138 valence electrons. The Balaban J connectivity index is 1.58. The summed E-state index contributed by atoms with van der Waals surface area (Å²) in [7, 11) is 1.79. The first-order valence-electron chi connectivity index (χ1n) is 8.89. The lowest BCUT2D eigenvalue weighted by Gasteiger charge is -2.34. The van der Waals surface area contributed by atoms with Crippen molar-refractivity contribution in [2.75, 3.05) is 20.1 Å². The highest BCUT2D eigenvalue weighted by molar-refractivity contribution is 7.09. The molecule has 1 aromatic heterocycles. The zero-order valence-corrected chi connectivity index (χ0v) is 15.8. The molecule has 26 heavy (non-hydrogen) atoms. The van der Waals surface area contributed by atoms with E-state index in [9.17, 15) is 4.79 Å². The van der Waals surface area contributed by atoms with Gasteiger partial charge >= 0.3 is 0 Å². The number of primary amides is 1. The number of carbonyl (C=O) groups excluding carboxylic acids is 1.